The summed E-state index contributed by atoms with van der Waals surface area (Å²) >= 11 is 0. The van der Waals surface area contributed by atoms with Gasteiger partial charge in [-0.2, -0.15) is 4.98 Å². The van der Waals surface area contributed by atoms with Gasteiger partial charge in [0.25, 0.3) is 0 Å². The monoisotopic (exact) mass is 527 g/mol. The molecule has 1 saturated heterocycles. The quantitative estimate of drug-likeness (QED) is 0.334. The lowest BCUT2D eigenvalue weighted by Gasteiger charge is -2.25. The average molecular weight is 528 g/mol. The standard InChI is InChI=1S/C27H37N5O6/c1-7-35-20-12-16-11-19(36-22(16)15(3)29-20)21-14(2)30-26(28-8-9-34-6)32-25(21)31-18-10-17(13-33)23-24(18)38-27(4,5)37-23/h11-12,17-18,23-24,33H,7-10,13H2,1-6H3,(H2,28,30,31,32)/t17-,18-,23-,24+/m1/s1. The Hall–Kier alpha value is -2.99. The van der Waals surface area contributed by atoms with E-state index < -0.39 is 5.79 Å². The molecule has 2 fully saturated rings. The Morgan fingerprint density at radius 3 is 2.63 bits per heavy atom. The Kier molecular flexibility index (Phi) is 7.45. The first-order valence-electron chi connectivity index (χ1n) is 13.1. The van der Waals surface area contributed by atoms with E-state index >= 15 is 0 Å². The van der Waals surface area contributed by atoms with Crippen molar-refractivity contribution >= 4 is 22.7 Å². The summed E-state index contributed by atoms with van der Waals surface area (Å²) in [6, 6.07) is 3.71. The van der Waals surface area contributed by atoms with Gasteiger partial charge in [0.1, 0.15) is 17.7 Å². The number of aryl methyl sites for hydroxylation is 2. The molecule has 1 aliphatic carbocycles. The Morgan fingerprint density at radius 1 is 1.11 bits per heavy atom. The first-order valence-corrected chi connectivity index (χ1v) is 13.1. The van der Waals surface area contributed by atoms with Crippen LogP contribution in [0.1, 0.15) is 38.6 Å². The summed E-state index contributed by atoms with van der Waals surface area (Å²) < 4.78 is 29.5. The van der Waals surface area contributed by atoms with E-state index in [4.69, 9.17) is 33.3 Å². The molecule has 0 amide bonds. The highest BCUT2D eigenvalue weighted by Crippen LogP contribution is 2.44. The molecule has 0 aromatic carbocycles. The second kappa shape index (κ2) is 10.6. The van der Waals surface area contributed by atoms with Gasteiger partial charge in [0.2, 0.25) is 11.8 Å². The van der Waals surface area contributed by atoms with Gasteiger partial charge in [0.15, 0.2) is 11.4 Å². The van der Waals surface area contributed by atoms with E-state index in [0.29, 0.717) is 55.2 Å². The molecule has 3 N–H and O–H groups in total. The number of methoxy groups -OCH3 is 1. The maximum atomic E-state index is 10.0. The number of aliphatic hydroxyl groups excluding tert-OH is 1. The van der Waals surface area contributed by atoms with Gasteiger partial charge < -0.3 is 39.1 Å². The molecule has 206 valence electrons. The number of rotatable bonds is 10. The number of furan rings is 1. The van der Waals surface area contributed by atoms with Crippen molar-refractivity contribution in [2.45, 2.75) is 65.1 Å². The zero-order valence-corrected chi connectivity index (χ0v) is 22.8. The fourth-order valence-corrected chi connectivity index (χ4v) is 5.42. The third-order valence-corrected chi connectivity index (χ3v) is 7.00. The fourth-order valence-electron chi connectivity index (χ4n) is 5.42. The molecular formula is C27H37N5O6. The number of hydrogen-bond donors (Lipinski definition) is 3. The highest BCUT2D eigenvalue weighted by atomic mass is 16.8. The molecule has 3 aromatic heterocycles. The molecule has 4 heterocycles. The predicted octanol–water partition coefficient (Wildman–Crippen LogP) is 3.67. The number of fused-ring (bicyclic) bond motifs is 2. The van der Waals surface area contributed by atoms with Crippen molar-refractivity contribution in [2.75, 3.05) is 44.1 Å². The van der Waals surface area contributed by atoms with Crippen LogP contribution in [0.2, 0.25) is 0 Å². The molecule has 4 atom stereocenters. The number of aliphatic hydroxyl groups is 1. The molecule has 0 spiro atoms. The van der Waals surface area contributed by atoms with Crippen LogP contribution in [0.3, 0.4) is 0 Å². The molecular weight excluding hydrogens is 490 g/mol. The first-order chi connectivity index (χ1) is 18.2. The third kappa shape index (κ3) is 5.15. The minimum absolute atomic E-state index is 0.0241. The number of nitrogens with one attached hydrogen (secondary N) is 2. The van der Waals surface area contributed by atoms with Crippen molar-refractivity contribution in [1.29, 1.82) is 0 Å². The van der Waals surface area contributed by atoms with Crippen LogP contribution in [0.15, 0.2) is 16.5 Å². The van der Waals surface area contributed by atoms with Crippen LogP contribution in [-0.2, 0) is 14.2 Å². The minimum Gasteiger partial charge on any atom is -0.478 e. The fraction of sp³-hybridized carbons (Fsp3) is 0.593. The van der Waals surface area contributed by atoms with E-state index in [1.165, 1.54) is 0 Å². The second-order valence-electron chi connectivity index (χ2n) is 10.3. The van der Waals surface area contributed by atoms with Crippen LogP contribution >= 0.6 is 0 Å². The molecule has 3 aromatic rings. The van der Waals surface area contributed by atoms with Crippen LogP contribution < -0.4 is 15.4 Å². The van der Waals surface area contributed by atoms with E-state index in [1.807, 2.05) is 46.8 Å². The Balaban J connectivity index is 1.55. The van der Waals surface area contributed by atoms with Gasteiger partial charge in [-0.05, 0) is 47.1 Å². The smallest absolute Gasteiger partial charge is 0.224 e. The molecule has 0 bridgehead atoms. The van der Waals surface area contributed by atoms with Gasteiger partial charge >= 0.3 is 0 Å². The van der Waals surface area contributed by atoms with E-state index in [-0.39, 0.29) is 30.8 Å². The number of hydrogen-bond acceptors (Lipinski definition) is 11. The maximum absolute atomic E-state index is 10.0. The number of ether oxygens (including phenoxy) is 4. The van der Waals surface area contributed by atoms with E-state index in [9.17, 15) is 5.11 Å². The van der Waals surface area contributed by atoms with Crippen molar-refractivity contribution in [3.05, 3.63) is 23.5 Å². The van der Waals surface area contributed by atoms with Gasteiger partial charge in [-0.25, -0.2) is 9.97 Å². The molecule has 11 heteroatoms. The largest absolute Gasteiger partial charge is 0.478 e. The number of pyridine rings is 1. The Bertz CT molecular complexity index is 1290. The maximum Gasteiger partial charge on any atom is 0.224 e. The molecule has 1 saturated carbocycles. The van der Waals surface area contributed by atoms with Crippen molar-refractivity contribution in [2.24, 2.45) is 5.92 Å². The van der Waals surface area contributed by atoms with Crippen LogP contribution in [0, 0.1) is 19.8 Å². The Labute approximate surface area is 222 Å². The lowest BCUT2D eigenvalue weighted by molar-refractivity contribution is -0.158. The molecule has 11 nitrogen and oxygen atoms in total. The lowest BCUT2D eigenvalue weighted by Crippen LogP contribution is -2.35. The molecule has 0 unspecified atom stereocenters. The summed E-state index contributed by atoms with van der Waals surface area (Å²) in [6.07, 6.45) is 0.249. The lowest BCUT2D eigenvalue weighted by atomic mass is 10.1. The van der Waals surface area contributed by atoms with Gasteiger partial charge in [-0.3, -0.25) is 0 Å². The summed E-state index contributed by atoms with van der Waals surface area (Å²) in [6.45, 7) is 11.2. The van der Waals surface area contributed by atoms with Crippen molar-refractivity contribution < 1.29 is 28.5 Å². The van der Waals surface area contributed by atoms with Crippen LogP contribution in [-0.4, -0.2) is 77.6 Å². The number of nitrogens with zero attached hydrogens (tertiary/aromatic N) is 3. The van der Waals surface area contributed by atoms with E-state index in [0.717, 1.165) is 22.3 Å². The number of aromatic nitrogens is 3. The zero-order valence-electron chi connectivity index (χ0n) is 22.8. The zero-order chi connectivity index (χ0) is 27.0. The van der Waals surface area contributed by atoms with E-state index in [1.54, 1.807) is 7.11 Å². The number of anilines is 2. The topological polar surface area (TPSA) is 133 Å². The predicted molar refractivity (Wildman–Crippen MR) is 142 cm³/mol. The average Bonchev–Trinajstić information content (AvgIpc) is 3.51. The summed E-state index contributed by atoms with van der Waals surface area (Å²) in [5.74, 6) is 1.52. The molecule has 0 radical (unpaired) electrons. The second-order valence-corrected chi connectivity index (χ2v) is 10.3. The van der Waals surface area contributed by atoms with Crippen LogP contribution in [0.4, 0.5) is 11.8 Å². The van der Waals surface area contributed by atoms with Crippen LogP contribution in [0.5, 0.6) is 5.88 Å². The highest BCUT2D eigenvalue weighted by molar-refractivity contribution is 5.88. The molecule has 38 heavy (non-hydrogen) atoms. The normalized spacial score (nSPS) is 24.1. The third-order valence-electron chi connectivity index (χ3n) is 7.00. The van der Waals surface area contributed by atoms with Crippen molar-refractivity contribution in [3.8, 4) is 17.2 Å². The van der Waals surface area contributed by atoms with Gasteiger partial charge in [0, 0.05) is 37.6 Å². The summed E-state index contributed by atoms with van der Waals surface area (Å²) in [5, 5.41) is 17.8. The van der Waals surface area contributed by atoms with Crippen LogP contribution in [0.25, 0.3) is 22.3 Å². The van der Waals surface area contributed by atoms with Crippen molar-refractivity contribution in [3.63, 3.8) is 0 Å². The molecule has 5 rings (SSSR count). The minimum atomic E-state index is -0.720. The van der Waals surface area contributed by atoms with Gasteiger partial charge in [0.05, 0.1) is 42.3 Å². The summed E-state index contributed by atoms with van der Waals surface area (Å²) in [5.41, 5.74) is 2.92. The molecule has 1 aliphatic heterocycles. The summed E-state index contributed by atoms with van der Waals surface area (Å²) in [7, 11) is 1.65. The van der Waals surface area contributed by atoms with Gasteiger partial charge in [-0.1, -0.05) is 0 Å². The summed E-state index contributed by atoms with van der Waals surface area (Å²) in [4.78, 5) is 14.1. The van der Waals surface area contributed by atoms with Crippen molar-refractivity contribution in [1.82, 2.24) is 15.0 Å². The first kappa shape index (κ1) is 26.6. The Morgan fingerprint density at radius 2 is 1.89 bits per heavy atom. The SMILES string of the molecule is CCOc1cc2cc(-c3c(C)nc(NCCOC)nc3N[C@@H]3C[C@H](CO)[C@H]4OC(C)(C)O[C@H]43)oc2c(C)n1. The van der Waals surface area contributed by atoms with Gasteiger partial charge in [-0.15, -0.1) is 0 Å². The highest BCUT2D eigenvalue weighted by Gasteiger charge is 2.54. The van der Waals surface area contributed by atoms with E-state index in [2.05, 4.69) is 15.6 Å². The molecule has 2 aliphatic rings.